The van der Waals surface area contributed by atoms with Crippen LogP contribution >= 0.6 is 0 Å². The normalized spacial score (nSPS) is 11.8. The SMILES string of the molecule is CCOCCCN[C@@H](C(=O)Nc1cc(C)ccc1OC)c1ccccc1. The van der Waals surface area contributed by atoms with Crippen molar-refractivity contribution in [2.75, 3.05) is 32.2 Å². The molecule has 0 unspecified atom stereocenters. The van der Waals surface area contributed by atoms with Crippen LogP contribution in [0.5, 0.6) is 5.75 Å². The van der Waals surface area contributed by atoms with Gasteiger partial charge in [0.15, 0.2) is 0 Å². The van der Waals surface area contributed by atoms with Crippen molar-refractivity contribution >= 4 is 11.6 Å². The minimum Gasteiger partial charge on any atom is -0.495 e. The highest BCUT2D eigenvalue weighted by molar-refractivity contribution is 5.96. The molecule has 1 atom stereocenters. The molecule has 5 heteroatoms. The zero-order chi connectivity index (χ0) is 18.8. The fourth-order valence-corrected chi connectivity index (χ4v) is 2.70. The van der Waals surface area contributed by atoms with E-state index in [0.717, 1.165) is 17.5 Å². The number of amides is 1. The lowest BCUT2D eigenvalue weighted by molar-refractivity contribution is -0.118. The van der Waals surface area contributed by atoms with Crippen molar-refractivity contribution in [3.63, 3.8) is 0 Å². The van der Waals surface area contributed by atoms with Crippen molar-refractivity contribution < 1.29 is 14.3 Å². The zero-order valence-electron chi connectivity index (χ0n) is 15.7. The molecule has 2 aromatic carbocycles. The Morgan fingerprint density at radius 2 is 1.92 bits per heavy atom. The van der Waals surface area contributed by atoms with Crippen LogP contribution in [0.4, 0.5) is 5.69 Å². The van der Waals surface area contributed by atoms with Crippen LogP contribution < -0.4 is 15.4 Å². The smallest absolute Gasteiger partial charge is 0.246 e. The Bertz CT molecular complexity index is 689. The molecule has 0 radical (unpaired) electrons. The molecule has 0 heterocycles. The molecule has 2 aromatic rings. The summed E-state index contributed by atoms with van der Waals surface area (Å²) in [6.45, 7) is 6.03. The molecule has 1 amide bonds. The lowest BCUT2D eigenvalue weighted by atomic mass is 10.1. The van der Waals surface area contributed by atoms with E-state index in [-0.39, 0.29) is 5.91 Å². The highest BCUT2D eigenvalue weighted by Crippen LogP contribution is 2.26. The first-order valence-electron chi connectivity index (χ1n) is 8.97. The first kappa shape index (κ1) is 19.9. The number of anilines is 1. The molecule has 0 aliphatic carbocycles. The minimum atomic E-state index is -0.442. The van der Waals surface area contributed by atoms with Crippen molar-refractivity contribution in [1.82, 2.24) is 5.32 Å². The molecule has 26 heavy (non-hydrogen) atoms. The van der Waals surface area contributed by atoms with Crippen molar-refractivity contribution in [2.45, 2.75) is 26.3 Å². The summed E-state index contributed by atoms with van der Waals surface area (Å²) in [6, 6.07) is 15.0. The summed E-state index contributed by atoms with van der Waals surface area (Å²) in [5.41, 5.74) is 2.66. The largest absolute Gasteiger partial charge is 0.495 e. The average molecular weight is 356 g/mol. The maximum Gasteiger partial charge on any atom is 0.246 e. The van der Waals surface area contributed by atoms with E-state index >= 15 is 0 Å². The summed E-state index contributed by atoms with van der Waals surface area (Å²) < 4.78 is 10.7. The van der Waals surface area contributed by atoms with Crippen molar-refractivity contribution in [3.05, 3.63) is 59.7 Å². The fraction of sp³-hybridized carbons (Fsp3) is 0.381. The number of rotatable bonds is 10. The number of carbonyl (C=O) groups excluding carboxylic acids is 1. The molecule has 0 aliphatic rings. The predicted molar refractivity (Wildman–Crippen MR) is 105 cm³/mol. The number of hydrogen-bond acceptors (Lipinski definition) is 4. The Balaban J connectivity index is 2.11. The Hall–Kier alpha value is -2.37. The first-order valence-corrected chi connectivity index (χ1v) is 8.97. The van der Waals surface area contributed by atoms with Crippen LogP contribution in [0.2, 0.25) is 0 Å². The van der Waals surface area contributed by atoms with E-state index in [4.69, 9.17) is 9.47 Å². The fourth-order valence-electron chi connectivity index (χ4n) is 2.70. The second-order valence-electron chi connectivity index (χ2n) is 6.04. The average Bonchev–Trinajstić information content (AvgIpc) is 2.65. The van der Waals surface area contributed by atoms with Gasteiger partial charge in [-0.1, -0.05) is 36.4 Å². The lowest BCUT2D eigenvalue weighted by Gasteiger charge is -2.20. The Kier molecular flexibility index (Phi) is 8.12. The summed E-state index contributed by atoms with van der Waals surface area (Å²) in [4.78, 5) is 13.0. The number of methoxy groups -OCH3 is 1. The highest BCUT2D eigenvalue weighted by Gasteiger charge is 2.21. The van der Waals surface area contributed by atoms with Crippen LogP contribution in [0, 0.1) is 6.92 Å². The van der Waals surface area contributed by atoms with E-state index in [0.29, 0.717) is 31.2 Å². The molecule has 0 fully saturated rings. The molecule has 0 aromatic heterocycles. The van der Waals surface area contributed by atoms with Crippen LogP contribution in [0.1, 0.15) is 30.5 Å². The van der Waals surface area contributed by atoms with Gasteiger partial charge in [0.05, 0.1) is 12.8 Å². The van der Waals surface area contributed by atoms with Gasteiger partial charge in [-0.3, -0.25) is 4.79 Å². The van der Waals surface area contributed by atoms with Gasteiger partial charge in [-0.05, 0) is 50.1 Å². The van der Waals surface area contributed by atoms with Crippen LogP contribution in [0.15, 0.2) is 48.5 Å². The van der Waals surface area contributed by atoms with Crippen LogP contribution in [-0.2, 0) is 9.53 Å². The molecular formula is C21H28N2O3. The quantitative estimate of drug-likeness (QED) is 0.637. The maximum atomic E-state index is 13.0. The third-order valence-electron chi connectivity index (χ3n) is 4.03. The van der Waals surface area contributed by atoms with Gasteiger partial charge in [0, 0.05) is 13.2 Å². The first-order chi connectivity index (χ1) is 12.7. The Labute approximate surface area is 155 Å². The predicted octanol–water partition coefficient (Wildman–Crippen LogP) is 3.70. The van der Waals surface area contributed by atoms with Crippen molar-refractivity contribution in [3.8, 4) is 5.75 Å². The van der Waals surface area contributed by atoms with E-state index < -0.39 is 6.04 Å². The molecule has 5 nitrogen and oxygen atoms in total. The number of carbonyl (C=O) groups is 1. The molecule has 2 rings (SSSR count). The van der Waals surface area contributed by atoms with Crippen LogP contribution in [-0.4, -0.2) is 32.8 Å². The highest BCUT2D eigenvalue weighted by atomic mass is 16.5. The van der Waals surface area contributed by atoms with Gasteiger partial charge in [0.1, 0.15) is 11.8 Å². The van der Waals surface area contributed by atoms with Gasteiger partial charge < -0.3 is 20.1 Å². The van der Waals surface area contributed by atoms with Crippen molar-refractivity contribution in [1.29, 1.82) is 0 Å². The number of aryl methyl sites for hydroxylation is 1. The number of ether oxygens (including phenoxy) is 2. The monoisotopic (exact) mass is 356 g/mol. The van der Waals surface area contributed by atoms with Gasteiger partial charge >= 0.3 is 0 Å². The van der Waals surface area contributed by atoms with E-state index in [1.165, 1.54) is 0 Å². The van der Waals surface area contributed by atoms with Gasteiger partial charge in [-0.25, -0.2) is 0 Å². The second-order valence-corrected chi connectivity index (χ2v) is 6.04. The summed E-state index contributed by atoms with van der Waals surface area (Å²) in [7, 11) is 1.60. The molecule has 0 saturated heterocycles. The minimum absolute atomic E-state index is 0.114. The zero-order valence-corrected chi connectivity index (χ0v) is 15.7. The molecule has 140 valence electrons. The molecule has 2 N–H and O–H groups in total. The Morgan fingerprint density at radius 3 is 2.62 bits per heavy atom. The summed E-state index contributed by atoms with van der Waals surface area (Å²) >= 11 is 0. The maximum absolute atomic E-state index is 13.0. The number of benzene rings is 2. The van der Waals surface area contributed by atoms with E-state index in [1.807, 2.05) is 62.4 Å². The van der Waals surface area contributed by atoms with Gasteiger partial charge in [-0.15, -0.1) is 0 Å². The summed E-state index contributed by atoms with van der Waals surface area (Å²) in [5, 5.41) is 6.33. The standard InChI is InChI=1S/C21H28N2O3/c1-4-26-14-8-13-22-20(17-9-6-5-7-10-17)21(24)23-18-15-16(2)11-12-19(18)25-3/h5-7,9-12,15,20,22H,4,8,13-14H2,1-3H3,(H,23,24)/t20-/m1/s1. The van der Waals surface area contributed by atoms with Gasteiger partial charge in [0.2, 0.25) is 5.91 Å². The van der Waals surface area contributed by atoms with Gasteiger partial charge in [-0.2, -0.15) is 0 Å². The number of hydrogen-bond donors (Lipinski definition) is 2. The van der Waals surface area contributed by atoms with Crippen molar-refractivity contribution in [2.24, 2.45) is 0 Å². The molecule has 0 bridgehead atoms. The molecule has 0 aliphatic heterocycles. The van der Waals surface area contributed by atoms with E-state index in [2.05, 4.69) is 10.6 Å². The topological polar surface area (TPSA) is 59.6 Å². The third kappa shape index (κ3) is 5.86. The van der Waals surface area contributed by atoms with E-state index in [9.17, 15) is 4.79 Å². The van der Waals surface area contributed by atoms with E-state index in [1.54, 1.807) is 7.11 Å². The third-order valence-corrected chi connectivity index (χ3v) is 4.03. The molecule has 0 saturated carbocycles. The Morgan fingerprint density at radius 1 is 1.15 bits per heavy atom. The lowest BCUT2D eigenvalue weighted by Crippen LogP contribution is -2.34. The second kappa shape index (κ2) is 10.6. The number of nitrogens with one attached hydrogen (secondary N) is 2. The summed E-state index contributed by atoms with van der Waals surface area (Å²) in [5.74, 6) is 0.531. The molecular weight excluding hydrogens is 328 g/mol. The summed E-state index contributed by atoms with van der Waals surface area (Å²) in [6.07, 6.45) is 0.845. The van der Waals surface area contributed by atoms with Crippen LogP contribution in [0.25, 0.3) is 0 Å². The molecule has 0 spiro atoms. The van der Waals surface area contributed by atoms with Crippen LogP contribution in [0.3, 0.4) is 0 Å². The van der Waals surface area contributed by atoms with Gasteiger partial charge in [0.25, 0.3) is 0 Å².